The largest absolute Gasteiger partial charge is 0.495 e. The van der Waals surface area contributed by atoms with Gasteiger partial charge in [0, 0.05) is 12.1 Å². The molecular formula is C19H16FN3O4S. The van der Waals surface area contributed by atoms with Crippen LogP contribution in [0.3, 0.4) is 0 Å². The fourth-order valence-electron chi connectivity index (χ4n) is 3.15. The quantitative estimate of drug-likeness (QED) is 0.726. The number of rotatable bonds is 4. The summed E-state index contributed by atoms with van der Waals surface area (Å²) in [6, 6.07) is 12.3. The molecular weight excluding hydrogens is 385 g/mol. The number of carbonyl (C=O) groups excluding carboxylic acids is 1. The minimum Gasteiger partial charge on any atom is -0.495 e. The number of nitrogens with zero attached hydrogens (tertiary/aromatic N) is 2. The van der Waals surface area contributed by atoms with Gasteiger partial charge in [0.25, 0.3) is 5.91 Å². The number of benzene rings is 2. The number of halogens is 1. The number of nitrogens with one attached hydrogen (secondary N) is 1. The molecule has 0 fully saturated rings. The Labute approximate surface area is 160 Å². The summed E-state index contributed by atoms with van der Waals surface area (Å²) in [5.74, 6) is -0.621. The van der Waals surface area contributed by atoms with E-state index in [0.717, 1.165) is 0 Å². The van der Waals surface area contributed by atoms with Crippen molar-refractivity contribution in [1.29, 1.82) is 0 Å². The first-order valence-electron chi connectivity index (χ1n) is 8.44. The van der Waals surface area contributed by atoms with E-state index in [1.54, 1.807) is 24.3 Å². The Morgan fingerprint density at radius 1 is 1.18 bits per heavy atom. The molecule has 1 amide bonds. The molecule has 0 radical (unpaired) electrons. The van der Waals surface area contributed by atoms with Gasteiger partial charge in [0.1, 0.15) is 23.0 Å². The predicted octanol–water partition coefficient (Wildman–Crippen LogP) is 2.74. The van der Waals surface area contributed by atoms with Gasteiger partial charge in [-0.2, -0.15) is 0 Å². The normalized spacial score (nSPS) is 14.5. The molecule has 1 N–H and O–H groups in total. The number of amides is 1. The number of aromatic nitrogens is 2. The summed E-state index contributed by atoms with van der Waals surface area (Å²) in [7, 11) is -2.09. The van der Waals surface area contributed by atoms with Crippen molar-refractivity contribution in [2.24, 2.45) is 0 Å². The van der Waals surface area contributed by atoms with E-state index in [1.165, 1.54) is 35.9 Å². The van der Waals surface area contributed by atoms with Crippen LogP contribution in [0.2, 0.25) is 0 Å². The van der Waals surface area contributed by atoms with Gasteiger partial charge in [-0.3, -0.25) is 4.79 Å². The third-order valence-electron chi connectivity index (χ3n) is 4.48. The second-order valence-corrected chi connectivity index (χ2v) is 8.23. The van der Waals surface area contributed by atoms with Crippen LogP contribution >= 0.6 is 0 Å². The summed E-state index contributed by atoms with van der Waals surface area (Å²) in [5, 5.41) is 2.59. The van der Waals surface area contributed by atoms with Gasteiger partial charge >= 0.3 is 0 Å². The number of methoxy groups -OCH3 is 1. The number of hydrogen-bond acceptors (Lipinski definition) is 5. The molecule has 0 spiro atoms. The number of hydrogen-bond donors (Lipinski definition) is 1. The highest BCUT2D eigenvalue weighted by Crippen LogP contribution is 2.32. The molecule has 9 heteroatoms. The van der Waals surface area contributed by atoms with Crippen LogP contribution < -0.4 is 10.1 Å². The maximum Gasteiger partial charge on any atom is 0.274 e. The van der Waals surface area contributed by atoms with E-state index in [9.17, 15) is 17.6 Å². The maximum atomic E-state index is 13.3. The lowest BCUT2D eigenvalue weighted by Crippen LogP contribution is -2.18. The molecule has 0 unspecified atom stereocenters. The number of ether oxygens (including phenoxy) is 1. The predicted molar refractivity (Wildman–Crippen MR) is 101 cm³/mol. The molecule has 0 saturated heterocycles. The number of para-hydroxylation sites is 2. The van der Waals surface area contributed by atoms with Crippen molar-refractivity contribution < 1.29 is 22.3 Å². The van der Waals surface area contributed by atoms with Gasteiger partial charge in [0.15, 0.2) is 0 Å². The zero-order chi connectivity index (χ0) is 19.9. The third kappa shape index (κ3) is 3.03. The first-order valence-corrected chi connectivity index (χ1v) is 10.1. The topological polar surface area (TPSA) is 90.3 Å². The lowest BCUT2D eigenvalue weighted by atomic mass is 10.1. The molecule has 28 heavy (non-hydrogen) atoms. The summed E-state index contributed by atoms with van der Waals surface area (Å²) in [5.41, 5.74) is 1.18. The molecule has 7 nitrogen and oxygen atoms in total. The van der Waals surface area contributed by atoms with Crippen molar-refractivity contribution in [3.05, 3.63) is 60.0 Å². The average Bonchev–Trinajstić information content (AvgIpc) is 3.20. The Bertz CT molecular complexity index is 1170. The van der Waals surface area contributed by atoms with Crippen LogP contribution in [0.1, 0.15) is 10.5 Å². The molecule has 2 aromatic carbocycles. The van der Waals surface area contributed by atoms with Crippen molar-refractivity contribution in [2.45, 2.75) is 11.7 Å². The molecule has 0 aliphatic carbocycles. The number of carbonyl (C=O) groups is 1. The minimum absolute atomic E-state index is 0.105. The zero-order valence-corrected chi connectivity index (χ0v) is 15.7. The molecule has 1 aliphatic rings. The number of imidazole rings is 1. The summed E-state index contributed by atoms with van der Waals surface area (Å²) in [4.78, 5) is 17.3. The van der Waals surface area contributed by atoms with Crippen LogP contribution in [-0.2, 0) is 16.4 Å². The van der Waals surface area contributed by atoms with E-state index in [0.29, 0.717) is 17.0 Å². The lowest BCUT2D eigenvalue weighted by molar-refractivity contribution is 0.101. The van der Waals surface area contributed by atoms with Gasteiger partial charge in [-0.05, 0) is 36.4 Å². The van der Waals surface area contributed by atoms with Gasteiger partial charge in [0.05, 0.1) is 18.6 Å². The Morgan fingerprint density at radius 3 is 2.61 bits per heavy atom. The SMILES string of the molecule is COc1ccccc1NC(=O)c1c(-c2ccc(F)cc2)nc2n1CCS2(=O)=O. The summed E-state index contributed by atoms with van der Waals surface area (Å²) in [6.07, 6.45) is 0. The van der Waals surface area contributed by atoms with E-state index in [1.807, 2.05) is 0 Å². The smallest absolute Gasteiger partial charge is 0.274 e. The van der Waals surface area contributed by atoms with E-state index in [2.05, 4.69) is 10.3 Å². The molecule has 4 rings (SSSR count). The van der Waals surface area contributed by atoms with Crippen LogP contribution in [0.5, 0.6) is 5.75 Å². The first kappa shape index (κ1) is 18.2. The fraction of sp³-hybridized carbons (Fsp3) is 0.158. The van der Waals surface area contributed by atoms with Crippen LogP contribution in [0.25, 0.3) is 11.3 Å². The van der Waals surface area contributed by atoms with Gasteiger partial charge in [-0.15, -0.1) is 0 Å². The monoisotopic (exact) mass is 401 g/mol. The Morgan fingerprint density at radius 2 is 1.89 bits per heavy atom. The number of sulfone groups is 1. The summed E-state index contributed by atoms with van der Waals surface area (Å²) in [6.45, 7) is 0.126. The maximum absolute atomic E-state index is 13.3. The Hall–Kier alpha value is -3.20. The van der Waals surface area contributed by atoms with Gasteiger partial charge in [0.2, 0.25) is 15.0 Å². The zero-order valence-electron chi connectivity index (χ0n) is 14.8. The van der Waals surface area contributed by atoms with Gasteiger partial charge in [-0.1, -0.05) is 12.1 Å². The first-order chi connectivity index (χ1) is 13.4. The van der Waals surface area contributed by atoms with Gasteiger partial charge in [-0.25, -0.2) is 17.8 Å². The van der Waals surface area contributed by atoms with Crippen LogP contribution in [-0.4, -0.2) is 36.7 Å². The molecule has 144 valence electrons. The highest BCUT2D eigenvalue weighted by Gasteiger charge is 2.35. The van der Waals surface area contributed by atoms with E-state index < -0.39 is 21.6 Å². The van der Waals surface area contributed by atoms with Crippen LogP contribution in [0.15, 0.2) is 53.7 Å². The highest BCUT2D eigenvalue weighted by molar-refractivity contribution is 7.91. The summed E-state index contributed by atoms with van der Waals surface area (Å²) >= 11 is 0. The van der Waals surface area contributed by atoms with Crippen LogP contribution in [0.4, 0.5) is 10.1 Å². The van der Waals surface area contributed by atoms with Crippen molar-refractivity contribution in [2.75, 3.05) is 18.2 Å². The molecule has 1 aliphatic heterocycles. The second kappa shape index (κ2) is 6.75. The Kier molecular flexibility index (Phi) is 4.38. The third-order valence-corrected chi connectivity index (χ3v) is 6.07. The van der Waals surface area contributed by atoms with Crippen molar-refractivity contribution in [3.8, 4) is 17.0 Å². The molecule has 1 aromatic heterocycles. The number of anilines is 1. The van der Waals surface area contributed by atoms with Crippen LogP contribution in [0, 0.1) is 5.82 Å². The second-order valence-electron chi connectivity index (χ2n) is 6.22. The average molecular weight is 401 g/mol. The van der Waals surface area contributed by atoms with Crippen molar-refractivity contribution in [3.63, 3.8) is 0 Å². The van der Waals surface area contributed by atoms with Crippen molar-refractivity contribution >= 4 is 21.4 Å². The number of fused-ring (bicyclic) bond motifs is 1. The lowest BCUT2D eigenvalue weighted by Gasteiger charge is -2.11. The van der Waals surface area contributed by atoms with Gasteiger partial charge < -0.3 is 14.6 Å². The minimum atomic E-state index is -3.57. The molecule has 3 aromatic rings. The van der Waals surface area contributed by atoms with E-state index in [4.69, 9.17) is 4.74 Å². The standard InChI is InChI=1S/C19H16FN3O4S/c1-27-15-5-3-2-4-14(15)21-18(24)17-16(12-6-8-13(20)9-7-12)22-19-23(17)10-11-28(19,25)26/h2-9H,10-11H2,1H3,(H,21,24). The summed E-state index contributed by atoms with van der Waals surface area (Å²) < 4.78 is 44.5. The van der Waals surface area contributed by atoms with Crippen molar-refractivity contribution in [1.82, 2.24) is 9.55 Å². The highest BCUT2D eigenvalue weighted by atomic mass is 32.2. The molecule has 0 bridgehead atoms. The molecule has 0 saturated carbocycles. The fourth-order valence-corrected chi connectivity index (χ4v) is 4.50. The molecule has 2 heterocycles. The van der Waals surface area contributed by atoms with E-state index in [-0.39, 0.29) is 28.8 Å². The molecule has 0 atom stereocenters. The Balaban J connectivity index is 1.83. The van der Waals surface area contributed by atoms with E-state index >= 15 is 0 Å².